The summed E-state index contributed by atoms with van der Waals surface area (Å²) in [6.45, 7) is 6.20. The molecule has 0 fully saturated rings. The van der Waals surface area contributed by atoms with Crippen molar-refractivity contribution in [2.75, 3.05) is 6.61 Å². The normalized spacial score (nSPS) is 12.1. The van der Waals surface area contributed by atoms with E-state index in [1.54, 1.807) is 0 Å². The summed E-state index contributed by atoms with van der Waals surface area (Å²) in [5.74, 6) is -4.17. The molecule has 0 spiro atoms. The number of carboxylic acid groups (broad SMARTS) is 1. The molecule has 2 rings (SSSR count). The molecule has 0 aliphatic rings. The molecule has 0 aliphatic heterocycles. The van der Waals surface area contributed by atoms with Crippen molar-refractivity contribution < 1.29 is 28.2 Å². The summed E-state index contributed by atoms with van der Waals surface area (Å²) < 4.78 is 35.7. The Bertz CT molecular complexity index is 934. The van der Waals surface area contributed by atoms with Crippen LogP contribution >= 0.6 is 12.6 Å². The summed E-state index contributed by atoms with van der Waals surface area (Å²) in [5, 5.41) is 11.3. The second-order valence-electron chi connectivity index (χ2n) is 7.54. The topological polar surface area (TPSA) is 93.5 Å². The van der Waals surface area contributed by atoms with Gasteiger partial charge >= 0.3 is 5.97 Å². The molecule has 0 saturated heterocycles. The highest BCUT2D eigenvalue weighted by Crippen LogP contribution is 2.22. The molecule has 0 unspecified atom stereocenters. The summed E-state index contributed by atoms with van der Waals surface area (Å²) in [5.41, 5.74) is -0.292. The third-order valence-electron chi connectivity index (χ3n) is 4.50. The molecule has 1 amide bonds. The van der Waals surface area contributed by atoms with E-state index < -0.39 is 28.4 Å². The molecule has 0 radical (unpaired) electrons. The number of rotatable bonds is 11. The number of amides is 1. The Morgan fingerprint density at radius 2 is 2.00 bits per heavy atom. The van der Waals surface area contributed by atoms with Crippen LogP contribution in [-0.4, -0.2) is 38.4 Å². The fourth-order valence-electron chi connectivity index (χ4n) is 2.91. The molecule has 170 valence electrons. The molecule has 0 saturated carbocycles. The molecule has 0 aliphatic carbocycles. The van der Waals surface area contributed by atoms with Crippen LogP contribution in [0.2, 0.25) is 0 Å². The van der Waals surface area contributed by atoms with Crippen LogP contribution in [0.3, 0.4) is 0 Å². The Balaban J connectivity index is 2.27. The number of halogens is 2. The van der Waals surface area contributed by atoms with Crippen molar-refractivity contribution in [3.63, 3.8) is 0 Å². The van der Waals surface area contributed by atoms with Gasteiger partial charge in [0.1, 0.15) is 0 Å². The van der Waals surface area contributed by atoms with Crippen molar-refractivity contribution in [3.05, 3.63) is 46.8 Å². The average Bonchev–Trinajstić information content (AvgIpc) is 3.08. The van der Waals surface area contributed by atoms with E-state index in [-0.39, 0.29) is 30.6 Å². The Morgan fingerprint density at radius 3 is 2.61 bits per heavy atom. The third kappa shape index (κ3) is 6.43. The number of aromatic nitrogens is 2. The van der Waals surface area contributed by atoms with Crippen LogP contribution in [0.4, 0.5) is 8.78 Å². The first-order valence-electron chi connectivity index (χ1n) is 9.98. The summed E-state index contributed by atoms with van der Waals surface area (Å²) in [7, 11) is 0. The van der Waals surface area contributed by atoms with E-state index in [4.69, 9.17) is 9.84 Å². The van der Waals surface area contributed by atoms with Crippen molar-refractivity contribution in [1.82, 2.24) is 14.9 Å². The lowest BCUT2D eigenvalue weighted by atomic mass is 10.1. The van der Waals surface area contributed by atoms with E-state index in [9.17, 15) is 18.4 Å². The highest BCUT2D eigenvalue weighted by atomic mass is 32.1. The van der Waals surface area contributed by atoms with Crippen molar-refractivity contribution in [3.8, 4) is 6.01 Å². The molecular weight excluding hydrogens is 428 g/mol. The van der Waals surface area contributed by atoms with Crippen LogP contribution in [0.25, 0.3) is 0 Å². The summed E-state index contributed by atoms with van der Waals surface area (Å²) >= 11 is 4.32. The average molecular weight is 456 g/mol. The van der Waals surface area contributed by atoms with Crippen molar-refractivity contribution in [2.45, 2.75) is 52.0 Å². The molecule has 2 N–H and O–H groups in total. The van der Waals surface area contributed by atoms with E-state index in [0.717, 1.165) is 6.07 Å². The van der Waals surface area contributed by atoms with Gasteiger partial charge in [-0.1, -0.05) is 26.8 Å². The number of hydrogen-bond acceptors (Lipinski definition) is 5. The summed E-state index contributed by atoms with van der Waals surface area (Å²) in [4.78, 5) is 27.5. The highest BCUT2D eigenvalue weighted by Gasteiger charge is 2.21. The quantitative estimate of drug-likeness (QED) is 0.450. The first kappa shape index (κ1) is 24.6. The molecule has 1 atom stereocenters. The number of nitrogens with one attached hydrogen (secondary N) is 1. The van der Waals surface area contributed by atoms with Gasteiger partial charge in [0.15, 0.2) is 11.6 Å². The third-order valence-corrected chi connectivity index (χ3v) is 4.94. The highest BCUT2D eigenvalue weighted by molar-refractivity contribution is 7.81. The summed E-state index contributed by atoms with van der Waals surface area (Å²) in [6, 6.07) is 2.41. The molecule has 31 heavy (non-hydrogen) atoms. The van der Waals surface area contributed by atoms with Crippen LogP contribution in [0.1, 0.15) is 55.2 Å². The minimum absolute atomic E-state index is 0.0682. The Morgan fingerprint density at radius 1 is 1.29 bits per heavy atom. The van der Waals surface area contributed by atoms with Crippen molar-refractivity contribution in [1.29, 1.82) is 0 Å². The lowest BCUT2D eigenvalue weighted by Gasteiger charge is -2.16. The van der Waals surface area contributed by atoms with E-state index in [2.05, 4.69) is 22.9 Å². The number of imidazole rings is 1. The van der Waals surface area contributed by atoms with Crippen LogP contribution in [-0.2, 0) is 17.9 Å². The van der Waals surface area contributed by atoms with Gasteiger partial charge in [-0.15, -0.1) is 0 Å². The Hall–Kier alpha value is -2.62. The van der Waals surface area contributed by atoms with Gasteiger partial charge in [-0.05, 0) is 24.8 Å². The van der Waals surface area contributed by atoms with Gasteiger partial charge in [0, 0.05) is 5.56 Å². The Labute approximate surface area is 185 Å². The van der Waals surface area contributed by atoms with Crippen LogP contribution < -0.4 is 10.1 Å². The second kappa shape index (κ2) is 11.1. The van der Waals surface area contributed by atoms with Crippen LogP contribution in [0.5, 0.6) is 6.01 Å². The maximum atomic E-state index is 14.5. The van der Waals surface area contributed by atoms with Gasteiger partial charge in [0.25, 0.3) is 6.01 Å². The first-order chi connectivity index (χ1) is 14.6. The SMILES string of the molecule is CCCOc1ncc(CNC(=O)[C@@H](S)CC(C)C)n1Cc1ccc(C(=O)O)c(F)c1F. The number of nitrogens with zero attached hydrogens (tertiary/aromatic N) is 2. The van der Waals surface area contributed by atoms with Crippen LogP contribution in [0, 0.1) is 17.6 Å². The lowest BCUT2D eigenvalue weighted by molar-refractivity contribution is -0.121. The minimum atomic E-state index is -1.55. The standard InChI is InChI=1S/C21H27F2N3O4S/c1-4-7-30-21-25-10-14(9-24-19(27)16(31)8-12(2)3)26(21)11-13-5-6-15(20(28)29)18(23)17(13)22/h5-6,10,12,16,31H,4,7-9,11H2,1-3H3,(H,24,27)(H,28,29)/t16-/m0/s1. The predicted octanol–water partition coefficient (Wildman–Crippen LogP) is 3.66. The zero-order valence-electron chi connectivity index (χ0n) is 17.7. The zero-order valence-corrected chi connectivity index (χ0v) is 18.6. The van der Waals surface area contributed by atoms with E-state index in [1.807, 2.05) is 20.8 Å². The number of hydrogen-bond donors (Lipinski definition) is 3. The zero-order chi connectivity index (χ0) is 23.1. The van der Waals surface area contributed by atoms with Gasteiger partial charge in [-0.2, -0.15) is 12.6 Å². The first-order valence-corrected chi connectivity index (χ1v) is 10.5. The number of benzene rings is 1. The van der Waals surface area contributed by atoms with Gasteiger partial charge < -0.3 is 15.2 Å². The Kier molecular flexibility index (Phi) is 8.85. The predicted molar refractivity (Wildman–Crippen MR) is 115 cm³/mol. The monoisotopic (exact) mass is 455 g/mol. The lowest BCUT2D eigenvalue weighted by Crippen LogP contribution is -2.32. The van der Waals surface area contributed by atoms with Gasteiger partial charge in [0.05, 0.1) is 42.4 Å². The maximum absolute atomic E-state index is 14.5. The number of thiol groups is 1. The molecule has 1 aromatic carbocycles. The molecule has 1 aromatic heterocycles. The molecule has 1 heterocycles. The van der Waals surface area contributed by atoms with Crippen molar-refractivity contribution >= 4 is 24.5 Å². The van der Waals surface area contributed by atoms with Gasteiger partial charge in [0.2, 0.25) is 5.91 Å². The minimum Gasteiger partial charge on any atom is -0.478 e. The maximum Gasteiger partial charge on any atom is 0.338 e. The van der Waals surface area contributed by atoms with Gasteiger partial charge in [-0.3, -0.25) is 9.36 Å². The fourth-order valence-corrected chi connectivity index (χ4v) is 3.42. The summed E-state index contributed by atoms with van der Waals surface area (Å²) in [6.07, 6.45) is 2.81. The van der Waals surface area contributed by atoms with Crippen LogP contribution in [0.15, 0.2) is 18.3 Å². The molecular formula is C21H27F2N3O4S. The van der Waals surface area contributed by atoms with Gasteiger partial charge in [-0.25, -0.2) is 18.6 Å². The number of carboxylic acids is 1. The smallest absolute Gasteiger partial charge is 0.338 e. The van der Waals surface area contributed by atoms with E-state index >= 15 is 0 Å². The fraction of sp³-hybridized carbons (Fsp3) is 0.476. The van der Waals surface area contributed by atoms with E-state index in [0.29, 0.717) is 31.1 Å². The second-order valence-corrected chi connectivity index (χ2v) is 8.16. The molecule has 7 nitrogen and oxygen atoms in total. The molecule has 10 heteroatoms. The molecule has 0 bridgehead atoms. The van der Waals surface area contributed by atoms with Crippen molar-refractivity contribution in [2.24, 2.45) is 5.92 Å². The number of aromatic carboxylic acids is 1. The largest absolute Gasteiger partial charge is 0.478 e. The number of carbonyl (C=O) groups is 2. The molecule has 2 aromatic rings. The number of ether oxygens (including phenoxy) is 1. The van der Waals surface area contributed by atoms with E-state index in [1.165, 1.54) is 16.8 Å². The number of carbonyl (C=O) groups excluding carboxylic acids is 1.